The Kier molecular flexibility index (Phi) is 2.89. The van der Waals surface area contributed by atoms with Gasteiger partial charge in [0.15, 0.2) is 5.13 Å². The smallest absolute Gasteiger partial charge is 0.248 e. The fourth-order valence-corrected chi connectivity index (χ4v) is 3.11. The van der Waals surface area contributed by atoms with E-state index in [0.717, 1.165) is 41.5 Å². The first-order valence-corrected chi connectivity index (χ1v) is 6.72. The molecular formula is C12H14N4OS. The molecule has 1 aromatic heterocycles. The summed E-state index contributed by atoms with van der Waals surface area (Å²) in [6, 6.07) is 5.41. The maximum Gasteiger partial charge on any atom is 0.248 e. The zero-order chi connectivity index (χ0) is 12.5. The van der Waals surface area contributed by atoms with E-state index >= 15 is 0 Å². The van der Waals surface area contributed by atoms with Crippen LogP contribution in [-0.2, 0) is 0 Å². The van der Waals surface area contributed by atoms with Gasteiger partial charge in [0.2, 0.25) is 5.91 Å². The molecule has 94 valence electrons. The van der Waals surface area contributed by atoms with Crippen LogP contribution in [0.3, 0.4) is 0 Å². The lowest BCUT2D eigenvalue weighted by atomic mass is 10.2. The number of nitrogens with one attached hydrogen (secondary N) is 1. The van der Waals surface area contributed by atoms with Gasteiger partial charge in [0.05, 0.1) is 10.2 Å². The third-order valence-electron chi connectivity index (χ3n) is 3.05. The number of amides is 1. The Hall–Kier alpha value is -1.66. The highest BCUT2D eigenvalue weighted by Crippen LogP contribution is 2.29. The highest BCUT2D eigenvalue weighted by molar-refractivity contribution is 7.22. The Morgan fingerprint density at radius 1 is 1.39 bits per heavy atom. The van der Waals surface area contributed by atoms with Crippen molar-refractivity contribution in [3.05, 3.63) is 23.8 Å². The van der Waals surface area contributed by atoms with Gasteiger partial charge in [0.1, 0.15) is 0 Å². The Labute approximate surface area is 109 Å². The van der Waals surface area contributed by atoms with Crippen LogP contribution in [0.15, 0.2) is 18.2 Å². The molecule has 0 spiro atoms. The molecule has 1 saturated heterocycles. The summed E-state index contributed by atoms with van der Waals surface area (Å²) in [6.45, 7) is 3.93. The second kappa shape index (κ2) is 4.55. The van der Waals surface area contributed by atoms with Gasteiger partial charge in [0, 0.05) is 31.7 Å². The lowest BCUT2D eigenvalue weighted by Gasteiger charge is -2.26. The minimum absolute atomic E-state index is 0.394. The van der Waals surface area contributed by atoms with Crippen molar-refractivity contribution in [2.24, 2.45) is 5.73 Å². The number of hydrogen-bond donors (Lipinski definition) is 2. The predicted octanol–water partition coefficient (Wildman–Crippen LogP) is 0.805. The summed E-state index contributed by atoms with van der Waals surface area (Å²) in [5, 5.41) is 4.34. The molecule has 0 saturated carbocycles. The summed E-state index contributed by atoms with van der Waals surface area (Å²) in [6.07, 6.45) is 0. The molecule has 2 aromatic rings. The van der Waals surface area contributed by atoms with E-state index in [1.165, 1.54) is 0 Å². The van der Waals surface area contributed by atoms with Crippen molar-refractivity contribution < 1.29 is 4.79 Å². The summed E-state index contributed by atoms with van der Waals surface area (Å²) in [5.74, 6) is -0.394. The van der Waals surface area contributed by atoms with E-state index in [4.69, 9.17) is 5.73 Å². The monoisotopic (exact) mass is 262 g/mol. The quantitative estimate of drug-likeness (QED) is 0.840. The van der Waals surface area contributed by atoms with E-state index in [9.17, 15) is 4.79 Å². The molecule has 1 aliphatic rings. The first-order chi connectivity index (χ1) is 8.74. The van der Waals surface area contributed by atoms with E-state index in [1.807, 2.05) is 12.1 Å². The normalized spacial score (nSPS) is 16.1. The van der Waals surface area contributed by atoms with Gasteiger partial charge in [0.25, 0.3) is 0 Å². The van der Waals surface area contributed by atoms with Crippen LogP contribution in [-0.4, -0.2) is 37.1 Å². The number of aromatic nitrogens is 1. The number of thiazole rings is 1. The number of rotatable bonds is 2. The molecule has 1 aromatic carbocycles. The van der Waals surface area contributed by atoms with Gasteiger partial charge in [-0.1, -0.05) is 11.3 Å². The number of nitrogens with zero attached hydrogens (tertiary/aromatic N) is 2. The molecule has 0 unspecified atom stereocenters. The van der Waals surface area contributed by atoms with Crippen molar-refractivity contribution in [3.8, 4) is 0 Å². The Morgan fingerprint density at radius 3 is 2.89 bits per heavy atom. The second-order valence-corrected chi connectivity index (χ2v) is 5.29. The second-order valence-electron chi connectivity index (χ2n) is 4.28. The largest absolute Gasteiger partial charge is 0.366 e. The van der Waals surface area contributed by atoms with E-state index < -0.39 is 5.91 Å². The van der Waals surface area contributed by atoms with Crippen molar-refractivity contribution in [1.29, 1.82) is 0 Å². The van der Waals surface area contributed by atoms with E-state index in [-0.39, 0.29) is 0 Å². The summed E-state index contributed by atoms with van der Waals surface area (Å²) < 4.78 is 1.01. The van der Waals surface area contributed by atoms with Gasteiger partial charge in [-0.2, -0.15) is 0 Å². The highest BCUT2D eigenvalue weighted by atomic mass is 32.1. The van der Waals surface area contributed by atoms with Crippen LogP contribution >= 0.6 is 11.3 Å². The van der Waals surface area contributed by atoms with Gasteiger partial charge < -0.3 is 16.0 Å². The number of hydrogen-bond acceptors (Lipinski definition) is 5. The Morgan fingerprint density at radius 2 is 2.17 bits per heavy atom. The molecular weight excluding hydrogens is 248 g/mol. The molecule has 3 rings (SSSR count). The molecule has 0 atom stereocenters. The zero-order valence-electron chi connectivity index (χ0n) is 9.85. The van der Waals surface area contributed by atoms with Crippen molar-refractivity contribution in [1.82, 2.24) is 10.3 Å². The molecule has 18 heavy (non-hydrogen) atoms. The molecule has 1 aliphatic heterocycles. The van der Waals surface area contributed by atoms with E-state index in [1.54, 1.807) is 17.4 Å². The fraction of sp³-hybridized carbons (Fsp3) is 0.333. The van der Waals surface area contributed by atoms with Crippen LogP contribution < -0.4 is 16.0 Å². The molecule has 0 radical (unpaired) electrons. The number of fused-ring (bicyclic) bond motifs is 1. The van der Waals surface area contributed by atoms with Crippen molar-refractivity contribution >= 4 is 32.6 Å². The zero-order valence-corrected chi connectivity index (χ0v) is 10.7. The van der Waals surface area contributed by atoms with Crippen LogP contribution in [0.5, 0.6) is 0 Å². The molecule has 1 amide bonds. The third-order valence-corrected chi connectivity index (χ3v) is 4.13. The lowest BCUT2D eigenvalue weighted by molar-refractivity contribution is 0.100. The molecule has 2 heterocycles. The average Bonchev–Trinajstić information content (AvgIpc) is 2.82. The summed E-state index contributed by atoms with van der Waals surface area (Å²) in [5.41, 5.74) is 6.75. The number of carbonyl (C=O) groups is 1. The molecule has 6 heteroatoms. The van der Waals surface area contributed by atoms with E-state index in [2.05, 4.69) is 15.2 Å². The van der Waals surface area contributed by atoms with Crippen LogP contribution in [0.4, 0.5) is 5.13 Å². The standard InChI is InChI=1S/C12H14N4OS/c13-11(17)8-1-2-9-10(7-8)18-12(15-9)16-5-3-14-4-6-16/h1-2,7,14H,3-6H2,(H2,13,17). The SMILES string of the molecule is NC(=O)c1ccc2nc(N3CCNCC3)sc2c1. The number of carbonyl (C=O) groups excluding carboxylic acids is 1. The number of benzene rings is 1. The summed E-state index contributed by atoms with van der Waals surface area (Å²) in [4.78, 5) is 18.0. The first kappa shape index (κ1) is 11.4. The molecule has 0 aliphatic carbocycles. The van der Waals surface area contributed by atoms with Crippen LogP contribution in [0.2, 0.25) is 0 Å². The number of primary amides is 1. The highest BCUT2D eigenvalue weighted by Gasteiger charge is 2.15. The van der Waals surface area contributed by atoms with Gasteiger partial charge in [-0.25, -0.2) is 4.98 Å². The summed E-state index contributed by atoms with van der Waals surface area (Å²) in [7, 11) is 0. The summed E-state index contributed by atoms with van der Waals surface area (Å²) >= 11 is 1.61. The maximum absolute atomic E-state index is 11.1. The Balaban J connectivity index is 1.97. The Bertz CT molecular complexity index is 589. The first-order valence-electron chi connectivity index (χ1n) is 5.90. The molecule has 5 nitrogen and oxygen atoms in total. The predicted molar refractivity (Wildman–Crippen MR) is 73.2 cm³/mol. The van der Waals surface area contributed by atoms with Crippen molar-refractivity contribution in [2.45, 2.75) is 0 Å². The minimum Gasteiger partial charge on any atom is -0.366 e. The average molecular weight is 262 g/mol. The molecule has 3 N–H and O–H groups in total. The lowest BCUT2D eigenvalue weighted by Crippen LogP contribution is -2.43. The number of nitrogens with two attached hydrogens (primary N) is 1. The number of piperazine rings is 1. The van der Waals surface area contributed by atoms with Crippen LogP contribution in [0.1, 0.15) is 10.4 Å². The minimum atomic E-state index is -0.394. The van der Waals surface area contributed by atoms with Crippen molar-refractivity contribution in [2.75, 3.05) is 31.1 Å². The van der Waals surface area contributed by atoms with Crippen molar-refractivity contribution in [3.63, 3.8) is 0 Å². The van der Waals surface area contributed by atoms with Gasteiger partial charge >= 0.3 is 0 Å². The molecule has 1 fully saturated rings. The number of anilines is 1. The van der Waals surface area contributed by atoms with Gasteiger partial charge in [-0.05, 0) is 18.2 Å². The van der Waals surface area contributed by atoms with Gasteiger partial charge in [-0.15, -0.1) is 0 Å². The maximum atomic E-state index is 11.1. The third kappa shape index (κ3) is 2.04. The van der Waals surface area contributed by atoms with Gasteiger partial charge in [-0.3, -0.25) is 4.79 Å². The van der Waals surface area contributed by atoms with Crippen LogP contribution in [0, 0.1) is 0 Å². The van der Waals surface area contributed by atoms with E-state index in [0.29, 0.717) is 5.56 Å². The molecule has 0 bridgehead atoms. The fourth-order valence-electron chi connectivity index (χ4n) is 2.06. The van der Waals surface area contributed by atoms with Crippen LogP contribution in [0.25, 0.3) is 10.2 Å². The topological polar surface area (TPSA) is 71.2 Å².